The summed E-state index contributed by atoms with van der Waals surface area (Å²) in [6.45, 7) is 10.9. The van der Waals surface area contributed by atoms with E-state index in [1.165, 1.54) is 24.1 Å². The van der Waals surface area contributed by atoms with Crippen LogP contribution in [0, 0.1) is 0 Å². The van der Waals surface area contributed by atoms with Crippen molar-refractivity contribution in [2.24, 2.45) is 7.05 Å². The first-order chi connectivity index (χ1) is 18.5. The quantitative estimate of drug-likeness (QED) is 0.316. The van der Waals surface area contributed by atoms with Gasteiger partial charge in [-0.2, -0.15) is 5.10 Å². The van der Waals surface area contributed by atoms with Crippen LogP contribution in [0.15, 0.2) is 36.4 Å². The van der Waals surface area contributed by atoms with Gasteiger partial charge in [0.1, 0.15) is 5.75 Å². The number of ether oxygens (including phenoxy) is 2. The fraction of sp³-hybridized carbons (Fsp3) is 0.531. The first kappa shape index (κ1) is 28.7. The Labute approximate surface area is 232 Å². The largest absolute Gasteiger partial charge is 0.491 e. The summed E-state index contributed by atoms with van der Waals surface area (Å²) in [5, 5.41) is 14.5. The molecule has 1 N–H and O–H groups in total. The van der Waals surface area contributed by atoms with Gasteiger partial charge in [0.2, 0.25) is 5.88 Å². The predicted molar refractivity (Wildman–Crippen MR) is 153 cm³/mol. The lowest BCUT2D eigenvalue weighted by molar-refractivity contribution is -0.137. The van der Waals surface area contributed by atoms with Crippen LogP contribution >= 0.6 is 0 Å². The van der Waals surface area contributed by atoms with Crippen LogP contribution in [0.4, 0.5) is 0 Å². The zero-order valence-corrected chi connectivity index (χ0v) is 24.3. The molecule has 210 valence electrons. The molecule has 0 aliphatic heterocycles. The van der Waals surface area contributed by atoms with Crippen molar-refractivity contribution in [1.82, 2.24) is 14.8 Å². The molecule has 0 saturated heterocycles. The number of aliphatic carboxylic acids is 1. The SMILES string of the molecule is CC(C)Oc1ccc(C(C)(C)C)cc1C(CC(=O)O)Cc1cc(OCCc2ccc3c(n2)CCCC3)n(C)n1. The van der Waals surface area contributed by atoms with Crippen molar-refractivity contribution >= 4 is 5.97 Å². The van der Waals surface area contributed by atoms with E-state index in [1.807, 2.05) is 33.0 Å². The summed E-state index contributed by atoms with van der Waals surface area (Å²) in [6.07, 6.45) is 5.82. The van der Waals surface area contributed by atoms with Crippen molar-refractivity contribution in [2.75, 3.05) is 6.61 Å². The summed E-state index contributed by atoms with van der Waals surface area (Å²) in [5.41, 5.74) is 6.45. The lowest BCUT2D eigenvalue weighted by Gasteiger charge is -2.25. The van der Waals surface area contributed by atoms with Crippen LogP contribution in [0.25, 0.3) is 0 Å². The molecule has 1 aromatic carbocycles. The Morgan fingerprint density at radius 3 is 2.56 bits per heavy atom. The summed E-state index contributed by atoms with van der Waals surface area (Å²) < 4.78 is 13.9. The second kappa shape index (κ2) is 12.2. The van der Waals surface area contributed by atoms with Crippen LogP contribution < -0.4 is 9.47 Å². The van der Waals surface area contributed by atoms with Crippen molar-refractivity contribution in [3.8, 4) is 11.6 Å². The van der Waals surface area contributed by atoms with Crippen LogP contribution in [0.5, 0.6) is 11.6 Å². The molecule has 1 unspecified atom stereocenters. The molecule has 0 amide bonds. The lowest BCUT2D eigenvalue weighted by atomic mass is 9.82. The maximum absolute atomic E-state index is 11.9. The fourth-order valence-corrected chi connectivity index (χ4v) is 5.22. The Morgan fingerprint density at radius 1 is 1.08 bits per heavy atom. The van der Waals surface area contributed by atoms with Gasteiger partial charge in [-0.05, 0) is 80.2 Å². The van der Waals surface area contributed by atoms with E-state index in [0.717, 1.165) is 47.5 Å². The highest BCUT2D eigenvalue weighted by Gasteiger charge is 2.25. The summed E-state index contributed by atoms with van der Waals surface area (Å²) >= 11 is 0. The van der Waals surface area contributed by atoms with E-state index < -0.39 is 5.97 Å². The Bertz CT molecular complexity index is 1290. The minimum atomic E-state index is -0.846. The van der Waals surface area contributed by atoms with Crippen molar-refractivity contribution in [3.05, 3.63) is 70.2 Å². The van der Waals surface area contributed by atoms with E-state index in [2.05, 4.69) is 50.1 Å². The van der Waals surface area contributed by atoms with Crippen LogP contribution in [0.3, 0.4) is 0 Å². The molecule has 0 radical (unpaired) electrons. The molecule has 0 bridgehead atoms. The van der Waals surface area contributed by atoms with Crippen LogP contribution in [0.1, 0.15) is 93.6 Å². The number of rotatable bonds is 11. The summed E-state index contributed by atoms with van der Waals surface area (Å²) in [7, 11) is 1.86. The van der Waals surface area contributed by atoms with Gasteiger partial charge >= 0.3 is 5.97 Å². The van der Waals surface area contributed by atoms with Gasteiger partial charge in [-0.3, -0.25) is 9.78 Å². The van der Waals surface area contributed by atoms with Gasteiger partial charge in [0.05, 0.1) is 24.8 Å². The molecule has 1 atom stereocenters. The molecule has 0 saturated carbocycles. The van der Waals surface area contributed by atoms with Gasteiger partial charge < -0.3 is 14.6 Å². The Hall–Kier alpha value is -3.35. The second-order valence-electron chi connectivity index (χ2n) is 12.0. The molecular weight excluding hydrogens is 490 g/mol. The van der Waals surface area contributed by atoms with E-state index in [-0.39, 0.29) is 23.9 Å². The highest BCUT2D eigenvalue weighted by Crippen LogP contribution is 2.36. The smallest absolute Gasteiger partial charge is 0.303 e. The summed E-state index contributed by atoms with van der Waals surface area (Å²) in [5.74, 6) is 0.260. The molecule has 7 heteroatoms. The zero-order chi connectivity index (χ0) is 28.2. The molecule has 0 spiro atoms. The molecule has 3 aromatic rings. The highest BCUT2D eigenvalue weighted by atomic mass is 16.5. The van der Waals surface area contributed by atoms with Crippen molar-refractivity contribution < 1.29 is 19.4 Å². The van der Waals surface area contributed by atoms with E-state index in [0.29, 0.717) is 18.9 Å². The number of carboxylic acids is 1. The number of aromatic nitrogens is 3. The molecule has 2 heterocycles. The maximum Gasteiger partial charge on any atom is 0.303 e. The standard InChI is InChI=1S/C32H43N3O4/c1-21(2)39-29-14-12-24(32(3,4)5)19-27(29)23(18-31(36)37)17-26-20-30(35(6)34-26)38-16-15-25-13-11-22-9-7-8-10-28(22)33-25/h11-14,19-21,23H,7-10,15-18H2,1-6H3,(H,36,37). The van der Waals surface area contributed by atoms with E-state index in [1.54, 1.807) is 4.68 Å². The van der Waals surface area contributed by atoms with Crippen LogP contribution in [0.2, 0.25) is 0 Å². The van der Waals surface area contributed by atoms with Gasteiger partial charge in [0, 0.05) is 36.8 Å². The number of benzene rings is 1. The molecule has 1 aliphatic rings. The first-order valence-corrected chi connectivity index (χ1v) is 14.2. The number of pyridine rings is 1. The average molecular weight is 534 g/mol. The molecule has 1 aliphatic carbocycles. The van der Waals surface area contributed by atoms with Crippen molar-refractivity contribution in [1.29, 1.82) is 0 Å². The number of hydrogen-bond donors (Lipinski definition) is 1. The monoisotopic (exact) mass is 533 g/mol. The number of carboxylic acid groups (broad SMARTS) is 1. The fourth-order valence-electron chi connectivity index (χ4n) is 5.22. The molecule has 4 rings (SSSR count). The van der Waals surface area contributed by atoms with E-state index >= 15 is 0 Å². The van der Waals surface area contributed by atoms with E-state index in [9.17, 15) is 9.90 Å². The summed E-state index contributed by atoms with van der Waals surface area (Å²) in [6, 6.07) is 12.4. The first-order valence-electron chi connectivity index (χ1n) is 14.2. The molecular formula is C32H43N3O4. The Balaban J connectivity index is 1.50. The van der Waals surface area contributed by atoms with Crippen molar-refractivity contribution in [3.63, 3.8) is 0 Å². The third kappa shape index (κ3) is 7.61. The topological polar surface area (TPSA) is 86.5 Å². The van der Waals surface area contributed by atoms with Gasteiger partial charge in [-0.15, -0.1) is 0 Å². The average Bonchev–Trinajstić information content (AvgIpc) is 3.21. The predicted octanol–water partition coefficient (Wildman–Crippen LogP) is 6.20. The summed E-state index contributed by atoms with van der Waals surface area (Å²) in [4.78, 5) is 16.8. The zero-order valence-electron chi connectivity index (χ0n) is 24.3. The third-order valence-corrected chi connectivity index (χ3v) is 7.29. The molecule has 2 aromatic heterocycles. The molecule has 0 fully saturated rings. The van der Waals surface area contributed by atoms with Crippen molar-refractivity contribution in [2.45, 2.75) is 97.0 Å². The second-order valence-corrected chi connectivity index (χ2v) is 12.0. The molecule has 7 nitrogen and oxygen atoms in total. The maximum atomic E-state index is 11.9. The Morgan fingerprint density at radius 2 is 1.85 bits per heavy atom. The van der Waals surface area contributed by atoms with Gasteiger partial charge in [0.25, 0.3) is 0 Å². The minimum Gasteiger partial charge on any atom is -0.491 e. The number of hydrogen-bond acceptors (Lipinski definition) is 5. The van der Waals surface area contributed by atoms with Crippen LogP contribution in [-0.4, -0.2) is 38.6 Å². The lowest BCUT2D eigenvalue weighted by Crippen LogP contribution is -2.17. The van der Waals surface area contributed by atoms with Gasteiger partial charge in [0.15, 0.2) is 0 Å². The molecule has 39 heavy (non-hydrogen) atoms. The number of fused-ring (bicyclic) bond motifs is 1. The third-order valence-electron chi connectivity index (χ3n) is 7.29. The highest BCUT2D eigenvalue weighted by molar-refractivity contribution is 5.68. The normalized spacial score (nSPS) is 14.2. The van der Waals surface area contributed by atoms with Crippen LogP contribution in [-0.2, 0) is 42.9 Å². The van der Waals surface area contributed by atoms with Gasteiger partial charge in [-0.1, -0.05) is 39.0 Å². The van der Waals surface area contributed by atoms with E-state index in [4.69, 9.17) is 14.5 Å². The number of nitrogens with zero attached hydrogens (tertiary/aromatic N) is 3. The number of carbonyl (C=O) groups is 1. The minimum absolute atomic E-state index is 0.0151. The Kier molecular flexibility index (Phi) is 8.98. The number of aryl methyl sites for hydroxylation is 3. The van der Waals surface area contributed by atoms with Gasteiger partial charge in [-0.25, -0.2) is 4.68 Å².